The minimum Gasteiger partial charge on any atom is -0.493 e. The number of fused-ring (bicyclic) bond motifs is 1. The Morgan fingerprint density at radius 2 is 2.30 bits per heavy atom. The molecule has 2 N–H and O–H groups in total. The van der Waals surface area contributed by atoms with Crippen molar-refractivity contribution >= 4 is 10.0 Å². The van der Waals surface area contributed by atoms with Gasteiger partial charge in [0.25, 0.3) is 0 Å². The van der Waals surface area contributed by atoms with E-state index in [0.29, 0.717) is 24.0 Å². The molecule has 5 nitrogen and oxygen atoms in total. The summed E-state index contributed by atoms with van der Waals surface area (Å²) >= 11 is 0. The Kier molecular flexibility index (Phi) is 3.96. The monoisotopic (exact) mass is 296 g/mol. The highest BCUT2D eigenvalue weighted by molar-refractivity contribution is 7.89. The Morgan fingerprint density at radius 3 is 3.10 bits per heavy atom. The zero-order valence-corrected chi connectivity index (χ0v) is 12.2. The Bertz CT molecular complexity index is 580. The summed E-state index contributed by atoms with van der Waals surface area (Å²) in [6.45, 7) is 3.07. The van der Waals surface area contributed by atoms with E-state index in [4.69, 9.17) is 4.74 Å². The Hall–Kier alpha value is -1.11. The summed E-state index contributed by atoms with van der Waals surface area (Å²) < 4.78 is 32.7. The second kappa shape index (κ2) is 5.71. The van der Waals surface area contributed by atoms with E-state index in [9.17, 15) is 8.42 Å². The fourth-order valence-corrected chi connectivity index (χ4v) is 3.91. The van der Waals surface area contributed by atoms with E-state index in [1.807, 2.05) is 0 Å². The molecule has 2 aliphatic rings. The molecule has 1 aromatic rings. The van der Waals surface area contributed by atoms with E-state index in [-0.39, 0.29) is 0 Å². The fraction of sp³-hybridized carbons (Fsp3) is 0.571. The summed E-state index contributed by atoms with van der Waals surface area (Å²) in [7, 11) is -3.41. The van der Waals surface area contributed by atoms with Gasteiger partial charge in [-0.2, -0.15) is 0 Å². The topological polar surface area (TPSA) is 67.4 Å². The van der Waals surface area contributed by atoms with E-state index in [1.54, 1.807) is 18.2 Å². The number of benzene rings is 1. The van der Waals surface area contributed by atoms with E-state index in [2.05, 4.69) is 10.0 Å². The maximum atomic E-state index is 12.3. The first-order chi connectivity index (χ1) is 9.65. The number of piperidine rings is 1. The molecule has 0 amide bonds. The van der Waals surface area contributed by atoms with Gasteiger partial charge in [0.05, 0.1) is 11.5 Å². The summed E-state index contributed by atoms with van der Waals surface area (Å²) in [5.41, 5.74) is 0.979. The molecule has 0 aliphatic carbocycles. The normalized spacial score (nSPS) is 22.3. The molecule has 1 atom stereocenters. The molecule has 1 unspecified atom stereocenters. The van der Waals surface area contributed by atoms with Crippen molar-refractivity contribution in [1.29, 1.82) is 0 Å². The molecule has 0 saturated carbocycles. The molecule has 6 heteroatoms. The third kappa shape index (κ3) is 2.97. The van der Waals surface area contributed by atoms with Crippen LogP contribution in [0.1, 0.15) is 18.4 Å². The first kappa shape index (κ1) is 13.9. The van der Waals surface area contributed by atoms with Crippen molar-refractivity contribution < 1.29 is 13.2 Å². The van der Waals surface area contributed by atoms with Gasteiger partial charge in [-0.05, 0) is 55.6 Å². The highest BCUT2D eigenvalue weighted by atomic mass is 32.2. The molecule has 0 spiro atoms. The first-order valence-corrected chi connectivity index (χ1v) is 8.59. The van der Waals surface area contributed by atoms with Crippen LogP contribution in [-0.2, 0) is 16.4 Å². The van der Waals surface area contributed by atoms with Crippen LogP contribution < -0.4 is 14.8 Å². The molecule has 20 heavy (non-hydrogen) atoms. The lowest BCUT2D eigenvalue weighted by atomic mass is 10.0. The average molecular weight is 296 g/mol. The lowest BCUT2D eigenvalue weighted by Gasteiger charge is -2.22. The summed E-state index contributed by atoms with van der Waals surface area (Å²) in [5.74, 6) is 1.19. The van der Waals surface area contributed by atoms with Crippen molar-refractivity contribution in [3.8, 4) is 5.75 Å². The van der Waals surface area contributed by atoms with Crippen LogP contribution in [-0.4, -0.2) is 34.7 Å². The molecule has 2 heterocycles. The van der Waals surface area contributed by atoms with Gasteiger partial charge in [-0.25, -0.2) is 13.1 Å². The summed E-state index contributed by atoms with van der Waals surface area (Å²) in [6, 6.07) is 5.09. The van der Waals surface area contributed by atoms with Gasteiger partial charge in [0.2, 0.25) is 10.0 Å². The zero-order chi connectivity index (χ0) is 14.0. The van der Waals surface area contributed by atoms with Gasteiger partial charge >= 0.3 is 0 Å². The van der Waals surface area contributed by atoms with Crippen LogP contribution in [0.15, 0.2) is 23.1 Å². The minimum atomic E-state index is -3.41. The minimum absolute atomic E-state index is 0.338. The standard InChI is InChI=1S/C14H20N2O3S/c17-20(18,16-10-11-2-1-6-15-9-11)13-3-4-14-12(8-13)5-7-19-14/h3-4,8,11,15-16H,1-2,5-7,9-10H2. The van der Waals surface area contributed by atoms with E-state index in [1.165, 1.54) is 0 Å². The molecule has 0 bridgehead atoms. The lowest BCUT2D eigenvalue weighted by Crippen LogP contribution is -2.38. The first-order valence-electron chi connectivity index (χ1n) is 7.11. The molecule has 3 rings (SSSR count). The molecule has 1 aromatic carbocycles. The summed E-state index contributed by atoms with van der Waals surface area (Å²) in [4.78, 5) is 0.338. The average Bonchev–Trinajstić information content (AvgIpc) is 2.94. The van der Waals surface area contributed by atoms with E-state index < -0.39 is 10.0 Å². The van der Waals surface area contributed by atoms with Gasteiger partial charge in [0.15, 0.2) is 0 Å². The quantitative estimate of drug-likeness (QED) is 0.866. The molecule has 1 saturated heterocycles. The lowest BCUT2D eigenvalue weighted by molar-refractivity contribution is 0.356. The Balaban J connectivity index is 1.68. The van der Waals surface area contributed by atoms with Crippen LogP contribution >= 0.6 is 0 Å². The second-order valence-corrected chi connectivity index (χ2v) is 7.20. The van der Waals surface area contributed by atoms with Crippen molar-refractivity contribution in [2.75, 3.05) is 26.2 Å². The second-order valence-electron chi connectivity index (χ2n) is 5.43. The van der Waals surface area contributed by atoms with Crippen molar-refractivity contribution in [2.45, 2.75) is 24.2 Å². The maximum absolute atomic E-state index is 12.3. The Morgan fingerprint density at radius 1 is 1.40 bits per heavy atom. The summed E-state index contributed by atoms with van der Waals surface area (Å²) in [5, 5.41) is 3.29. The molecular weight excluding hydrogens is 276 g/mol. The van der Waals surface area contributed by atoms with Crippen LogP contribution in [0.3, 0.4) is 0 Å². The SMILES string of the molecule is O=S(=O)(NCC1CCCNC1)c1ccc2c(c1)CCO2. The Labute approximate surface area is 119 Å². The van der Waals surface area contributed by atoms with Crippen molar-refractivity contribution in [3.05, 3.63) is 23.8 Å². The van der Waals surface area contributed by atoms with E-state index >= 15 is 0 Å². The van der Waals surface area contributed by atoms with Crippen LogP contribution in [0.25, 0.3) is 0 Å². The smallest absolute Gasteiger partial charge is 0.240 e. The largest absolute Gasteiger partial charge is 0.493 e. The van der Waals surface area contributed by atoms with Gasteiger partial charge in [0.1, 0.15) is 5.75 Å². The van der Waals surface area contributed by atoms with Gasteiger partial charge in [-0.1, -0.05) is 0 Å². The molecule has 0 radical (unpaired) electrons. The van der Waals surface area contributed by atoms with Gasteiger partial charge in [0, 0.05) is 13.0 Å². The highest BCUT2D eigenvalue weighted by Gasteiger charge is 2.21. The van der Waals surface area contributed by atoms with Crippen LogP contribution in [0, 0.1) is 5.92 Å². The predicted molar refractivity (Wildman–Crippen MR) is 76.4 cm³/mol. The van der Waals surface area contributed by atoms with Crippen LogP contribution in [0.5, 0.6) is 5.75 Å². The molecule has 0 aromatic heterocycles. The van der Waals surface area contributed by atoms with E-state index in [0.717, 1.165) is 43.7 Å². The number of hydrogen-bond donors (Lipinski definition) is 2. The summed E-state index contributed by atoms with van der Waals surface area (Å²) in [6.07, 6.45) is 2.97. The van der Waals surface area contributed by atoms with Crippen molar-refractivity contribution in [2.24, 2.45) is 5.92 Å². The third-order valence-corrected chi connectivity index (χ3v) is 5.35. The van der Waals surface area contributed by atoms with Crippen LogP contribution in [0.4, 0.5) is 0 Å². The highest BCUT2D eigenvalue weighted by Crippen LogP contribution is 2.27. The fourth-order valence-electron chi connectivity index (χ4n) is 2.74. The van der Waals surface area contributed by atoms with Crippen molar-refractivity contribution in [3.63, 3.8) is 0 Å². The number of sulfonamides is 1. The molecular formula is C14H20N2O3S. The van der Waals surface area contributed by atoms with Crippen molar-refractivity contribution in [1.82, 2.24) is 10.0 Å². The van der Waals surface area contributed by atoms with Gasteiger partial charge in [-0.3, -0.25) is 0 Å². The van der Waals surface area contributed by atoms with Gasteiger partial charge in [-0.15, -0.1) is 0 Å². The maximum Gasteiger partial charge on any atom is 0.240 e. The predicted octanol–water partition coefficient (Wildman–Crippen LogP) is 0.899. The molecule has 110 valence electrons. The number of rotatable bonds is 4. The van der Waals surface area contributed by atoms with Crippen LogP contribution in [0.2, 0.25) is 0 Å². The molecule has 1 fully saturated rings. The third-order valence-electron chi connectivity index (χ3n) is 3.93. The number of hydrogen-bond acceptors (Lipinski definition) is 4. The molecule has 2 aliphatic heterocycles. The van der Waals surface area contributed by atoms with Gasteiger partial charge < -0.3 is 10.1 Å². The number of nitrogens with one attached hydrogen (secondary N) is 2. The number of ether oxygens (including phenoxy) is 1. The zero-order valence-electron chi connectivity index (χ0n) is 11.4.